The minimum absolute atomic E-state index is 0.0589. The molecular weight excluding hydrogens is 314 g/mol. The molecule has 0 bridgehead atoms. The van der Waals surface area contributed by atoms with Crippen molar-refractivity contribution >= 4 is 15.9 Å². The van der Waals surface area contributed by atoms with Crippen LogP contribution in [0.4, 0.5) is 0 Å². The number of benzene rings is 2. The number of hydrogen-bond acceptors (Lipinski definition) is 2. The second kappa shape index (κ2) is 5.98. The van der Waals surface area contributed by atoms with Gasteiger partial charge < -0.3 is 10.5 Å². The lowest BCUT2D eigenvalue weighted by Crippen LogP contribution is -2.20. The van der Waals surface area contributed by atoms with Crippen LogP contribution in [-0.2, 0) is 0 Å². The molecule has 2 N–H and O–H groups in total. The van der Waals surface area contributed by atoms with E-state index in [0.29, 0.717) is 5.92 Å². The standard InChI is InChI=1S/C17H18BrNO/c18-14-5-3-4-13(10-14)16(19)11-12-8-9-20-17-7-2-1-6-15(12)17/h1-7,10,12,16H,8-9,11,19H2. The highest BCUT2D eigenvalue weighted by Crippen LogP contribution is 2.38. The second-order valence-electron chi connectivity index (χ2n) is 5.27. The maximum Gasteiger partial charge on any atom is 0.122 e. The van der Waals surface area contributed by atoms with Gasteiger partial charge in [0.2, 0.25) is 0 Å². The van der Waals surface area contributed by atoms with E-state index < -0.39 is 0 Å². The van der Waals surface area contributed by atoms with E-state index in [9.17, 15) is 0 Å². The summed E-state index contributed by atoms with van der Waals surface area (Å²) in [6.07, 6.45) is 2.00. The van der Waals surface area contributed by atoms with Crippen LogP contribution in [-0.4, -0.2) is 6.61 Å². The van der Waals surface area contributed by atoms with Gasteiger partial charge in [0, 0.05) is 10.5 Å². The molecule has 0 radical (unpaired) electrons. The summed E-state index contributed by atoms with van der Waals surface area (Å²) in [4.78, 5) is 0. The molecule has 1 heterocycles. The molecule has 104 valence electrons. The third-order valence-corrected chi connectivity index (χ3v) is 4.39. The van der Waals surface area contributed by atoms with E-state index in [1.807, 2.05) is 24.3 Å². The van der Waals surface area contributed by atoms with Crippen molar-refractivity contribution in [1.82, 2.24) is 0 Å². The van der Waals surface area contributed by atoms with Crippen LogP contribution in [0.25, 0.3) is 0 Å². The third-order valence-electron chi connectivity index (χ3n) is 3.90. The lowest BCUT2D eigenvalue weighted by atomic mass is 9.86. The minimum atomic E-state index is 0.0589. The molecule has 0 spiro atoms. The van der Waals surface area contributed by atoms with Crippen LogP contribution in [0.15, 0.2) is 53.0 Å². The van der Waals surface area contributed by atoms with Crippen molar-refractivity contribution in [3.63, 3.8) is 0 Å². The van der Waals surface area contributed by atoms with Crippen molar-refractivity contribution < 1.29 is 4.74 Å². The highest BCUT2D eigenvalue weighted by atomic mass is 79.9. The molecule has 3 heteroatoms. The molecule has 0 amide bonds. The number of ether oxygens (including phenoxy) is 1. The van der Waals surface area contributed by atoms with Gasteiger partial charge in [0.05, 0.1) is 6.61 Å². The number of nitrogens with two attached hydrogens (primary N) is 1. The number of fused-ring (bicyclic) bond motifs is 1. The topological polar surface area (TPSA) is 35.2 Å². The molecule has 0 fully saturated rings. The van der Waals surface area contributed by atoms with Gasteiger partial charge in [0.1, 0.15) is 5.75 Å². The molecule has 1 aliphatic heterocycles. The molecule has 1 aliphatic rings. The van der Waals surface area contributed by atoms with E-state index in [-0.39, 0.29) is 6.04 Å². The van der Waals surface area contributed by atoms with Crippen LogP contribution >= 0.6 is 15.9 Å². The fourth-order valence-electron chi connectivity index (χ4n) is 2.84. The summed E-state index contributed by atoms with van der Waals surface area (Å²) < 4.78 is 6.79. The summed E-state index contributed by atoms with van der Waals surface area (Å²) in [5, 5.41) is 0. The van der Waals surface area contributed by atoms with Crippen LogP contribution in [0.5, 0.6) is 5.75 Å². The molecule has 0 aromatic heterocycles. The lowest BCUT2D eigenvalue weighted by Gasteiger charge is -2.28. The predicted octanol–water partition coefficient (Wildman–Crippen LogP) is 4.41. The Kier molecular flexibility index (Phi) is 4.08. The van der Waals surface area contributed by atoms with Crippen molar-refractivity contribution in [2.24, 2.45) is 5.73 Å². The van der Waals surface area contributed by atoms with Gasteiger partial charge in [-0.15, -0.1) is 0 Å². The first-order valence-electron chi connectivity index (χ1n) is 6.97. The highest BCUT2D eigenvalue weighted by Gasteiger charge is 2.23. The molecular formula is C17H18BrNO. The Hall–Kier alpha value is -1.32. The number of para-hydroxylation sites is 1. The summed E-state index contributed by atoms with van der Waals surface area (Å²) in [5.74, 6) is 1.50. The molecule has 3 rings (SSSR count). The summed E-state index contributed by atoms with van der Waals surface area (Å²) in [7, 11) is 0. The number of hydrogen-bond donors (Lipinski definition) is 1. The molecule has 2 aromatic rings. The third kappa shape index (κ3) is 2.89. The predicted molar refractivity (Wildman–Crippen MR) is 85.0 cm³/mol. The first kappa shape index (κ1) is 13.7. The molecule has 2 aromatic carbocycles. The van der Waals surface area contributed by atoms with Gasteiger partial charge in [-0.2, -0.15) is 0 Å². The summed E-state index contributed by atoms with van der Waals surface area (Å²) >= 11 is 3.51. The molecule has 0 saturated carbocycles. The number of halogens is 1. The molecule has 2 atom stereocenters. The number of rotatable bonds is 3. The van der Waals surface area contributed by atoms with Gasteiger partial charge in [-0.1, -0.05) is 46.3 Å². The largest absolute Gasteiger partial charge is 0.493 e. The molecule has 2 nitrogen and oxygen atoms in total. The monoisotopic (exact) mass is 331 g/mol. The Balaban J connectivity index is 1.79. The summed E-state index contributed by atoms with van der Waals surface area (Å²) in [6.45, 7) is 0.785. The quantitative estimate of drug-likeness (QED) is 0.904. The van der Waals surface area contributed by atoms with Crippen LogP contribution in [0, 0.1) is 0 Å². The van der Waals surface area contributed by atoms with Crippen molar-refractivity contribution in [2.45, 2.75) is 24.8 Å². The van der Waals surface area contributed by atoms with Crippen molar-refractivity contribution in [1.29, 1.82) is 0 Å². The van der Waals surface area contributed by atoms with Crippen molar-refractivity contribution in [3.05, 3.63) is 64.1 Å². The first-order chi connectivity index (χ1) is 9.74. The minimum Gasteiger partial charge on any atom is -0.493 e. The van der Waals surface area contributed by atoms with Gasteiger partial charge in [-0.3, -0.25) is 0 Å². The zero-order valence-corrected chi connectivity index (χ0v) is 12.8. The summed E-state index contributed by atoms with van der Waals surface area (Å²) in [5.41, 5.74) is 8.87. The summed E-state index contributed by atoms with van der Waals surface area (Å²) in [6, 6.07) is 16.6. The average Bonchev–Trinajstić information content (AvgIpc) is 2.47. The normalized spacial score (nSPS) is 19.0. The van der Waals surface area contributed by atoms with E-state index >= 15 is 0 Å². The Bertz CT molecular complexity index is 599. The zero-order chi connectivity index (χ0) is 13.9. The first-order valence-corrected chi connectivity index (χ1v) is 7.76. The van der Waals surface area contributed by atoms with E-state index in [0.717, 1.165) is 29.7 Å². The van der Waals surface area contributed by atoms with Gasteiger partial charge in [-0.05, 0) is 48.1 Å². The molecule has 0 saturated heterocycles. The molecule has 0 aliphatic carbocycles. The molecule has 20 heavy (non-hydrogen) atoms. The van der Waals surface area contributed by atoms with Gasteiger partial charge >= 0.3 is 0 Å². The Morgan fingerprint density at radius 1 is 1.20 bits per heavy atom. The highest BCUT2D eigenvalue weighted by molar-refractivity contribution is 9.10. The zero-order valence-electron chi connectivity index (χ0n) is 11.3. The Morgan fingerprint density at radius 3 is 2.90 bits per heavy atom. The average molecular weight is 332 g/mol. The van der Waals surface area contributed by atoms with E-state index in [2.05, 4.69) is 40.2 Å². The van der Waals surface area contributed by atoms with E-state index in [1.54, 1.807) is 0 Å². The Labute approximate surface area is 128 Å². The second-order valence-corrected chi connectivity index (χ2v) is 6.18. The lowest BCUT2D eigenvalue weighted by molar-refractivity contribution is 0.259. The van der Waals surface area contributed by atoms with E-state index in [4.69, 9.17) is 10.5 Å². The smallest absolute Gasteiger partial charge is 0.122 e. The van der Waals surface area contributed by atoms with Crippen LogP contribution in [0.3, 0.4) is 0 Å². The van der Waals surface area contributed by atoms with Gasteiger partial charge in [-0.25, -0.2) is 0 Å². The van der Waals surface area contributed by atoms with E-state index in [1.165, 1.54) is 11.1 Å². The fourth-order valence-corrected chi connectivity index (χ4v) is 3.26. The SMILES string of the molecule is NC(CC1CCOc2ccccc21)c1cccc(Br)c1. The fraction of sp³-hybridized carbons (Fsp3) is 0.294. The van der Waals surface area contributed by atoms with Crippen molar-refractivity contribution in [3.8, 4) is 5.75 Å². The van der Waals surface area contributed by atoms with Crippen LogP contribution in [0.2, 0.25) is 0 Å². The maximum absolute atomic E-state index is 6.39. The van der Waals surface area contributed by atoms with Crippen molar-refractivity contribution in [2.75, 3.05) is 6.61 Å². The van der Waals surface area contributed by atoms with Crippen LogP contribution in [0.1, 0.15) is 35.9 Å². The van der Waals surface area contributed by atoms with Crippen LogP contribution < -0.4 is 10.5 Å². The Morgan fingerprint density at radius 2 is 2.05 bits per heavy atom. The van der Waals surface area contributed by atoms with Gasteiger partial charge in [0.25, 0.3) is 0 Å². The molecule has 2 unspecified atom stereocenters. The maximum atomic E-state index is 6.39. The van der Waals surface area contributed by atoms with Gasteiger partial charge in [0.15, 0.2) is 0 Å².